The molecule has 0 heterocycles. The van der Waals surface area contributed by atoms with E-state index in [-0.39, 0.29) is 17.0 Å². The molecule has 0 atom stereocenters. The Balaban J connectivity index is 0. The van der Waals surface area contributed by atoms with Crippen LogP contribution in [0, 0.1) is 5.41 Å². The minimum absolute atomic E-state index is 0. The van der Waals surface area contributed by atoms with Gasteiger partial charge in [-0.15, -0.1) is 17.0 Å². The Morgan fingerprint density at radius 1 is 0.696 bits per heavy atom. The lowest BCUT2D eigenvalue weighted by molar-refractivity contribution is 0.472. The van der Waals surface area contributed by atoms with E-state index in [4.69, 9.17) is 5.41 Å². The number of rotatable bonds is 15. The van der Waals surface area contributed by atoms with Crippen LogP contribution in [0.3, 0.4) is 0 Å². The molecule has 0 aromatic heterocycles. The summed E-state index contributed by atoms with van der Waals surface area (Å²) in [7, 11) is 0. The second kappa shape index (κ2) is 20.3. The van der Waals surface area contributed by atoms with Crippen LogP contribution in [0.25, 0.3) is 0 Å². The van der Waals surface area contributed by atoms with E-state index in [1.54, 1.807) is 11.8 Å². The Morgan fingerprint density at radius 2 is 1.09 bits per heavy atom. The first kappa shape index (κ1) is 25.5. The molecule has 0 amide bonds. The van der Waals surface area contributed by atoms with Crippen LogP contribution in [0.2, 0.25) is 0 Å². The number of nitrogens with one attached hydrogen (secondary N) is 1. The van der Waals surface area contributed by atoms with E-state index in [2.05, 4.69) is 25.7 Å². The third-order valence-electron chi connectivity index (χ3n) is 4.29. The Bertz CT molecular complexity index is 246. The third kappa shape index (κ3) is 16.9. The summed E-state index contributed by atoms with van der Waals surface area (Å²) in [6.45, 7) is 8.46. The molecule has 0 spiro atoms. The highest BCUT2D eigenvalue weighted by molar-refractivity contribution is 8.93. The molecule has 0 saturated carbocycles. The maximum Gasteiger partial charge on any atom is 0.156 e. The number of nitrogens with zero attached hydrogens (tertiary/aromatic N) is 1. The summed E-state index contributed by atoms with van der Waals surface area (Å²) >= 11 is 1.72. The van der Waals surface area contributed by atoms with Gasteiger partial charge in [-0.2, -0.15) is 0 Å². The van der Waals surface area contributed by atoms with E-state index >= 15 is 0 Å². The van der Waals surface area contributed by atoms with Crippen molar-refractivity contribution in [1.82, 2.24) is 4.90 Å². The van der Waals surface area contributed by atoms with E-state index in [0.29, 0.717) is 0 Å². The molecule has 0 rings (SSSR count). The molecule has 4 heteroatoms. The van der Waals surface area contributed by atoms with Gasteiger partial charge in [0.2, 0.25) is 0 Å². The lowest BCUT2D eigenvalue weighted by atomic mass is 10.1. The first-order valence-electron chi connectivity index (χ1n) is 9.72. The summed E-state index contributed by atoms with van der Waals surface area (Å²) in [6.07, 6.45) is 16.8. The smallest absolute Gasteiger partial charge is 0.156 e. The zero-order chi connectivity index (χ0) is 16.5. The summed E-state index contributed by atoms with van der Waals surface area (Å²) in [5.41, 5.74) is 0. The van der Waals surface area contributed by atoms with Gasteiger partial charge in [0.25, 0.3) is 0 Å². The summed E-state index contributed by atoms with van der Waals surface area (Å²) < 4.78 is 0. The maximum atomic E-state index is 7.99. The number of thioether (sulfide) groups is 1. The fraction of sp³-hybridized carbons (Fsp3) is 0.947. The Labute approximate surface area is 160 Å². The van der Waals surface area contributed by atoms with E-state index in [0.717, 1.165) is 24.0 Å². The molecule has 0 fully saturated rings. The number of hydrogen-bond donors (Lipinski definition) is 1. The zero-order valence-electron chi connectivity index (χ0n) is 15.9. The fourth-order valence-corrected chi connectivity index (χ4v) is 3.70. The number of hydrogen-bond acceptors (Lipinski definition) is 2. The second-order valence-electron chi connectivity index (χ2n) is 6.21. The van der Waals surface area contributed by atoms with E-state index < -0.39 is 0 Å². The number of unbranched alkanes of at least 4 members (excludes halogenated alkanes) is 11. The zero-order valence-corrected chi connectivity index (χ0v) is 18.4. The SMILES string of the molecule is Br.CCCCCCCCCCCCCCSC(=N)N(CC)CC. The molecule has 0 radical (unpaired) electrons. The summed E-state index contributed by atoms with van der Waals surface area (Å²) in [4.78, 5) is 2.13. The first-order chi connectivity index (χ1) is 10.8. The number of halogens is 1. The maximum absolute atomic E-state index is 7.99. The molecule has 1 N–H and O–H groups in total. The quantitative estimate of drug-likeness (QED) is 0.175. The van der Waals surface area contributed by atoms with Crippen molar-refractivity contribution in [3.63, 3.8) is 0 Å². The molecule has 23 heavy (non-hydrogen) atoms. The molecule has 0 aromatic carbocycles. The molecule has 0 saturated heterocycles. The van der Waals surface area contributed by atoms with Gasteiger partial charge in [-0.25, -0.2) is 0 Å². The van der Waals surface area contributed by atoms with Gasteiger partial charge in [-0.3, -0.25) is 5.41 Å². The fourth-order valence-electron chi connectivity index (χ4n) is 2.71. The second-order valence-corrected chi connectivity index (χ2v) is 7.30. The van der Waals surface area contributed by atoms with Crippen LogP contribution in [0.5, 0.6) is 0 Å². The van der Waals surface area contributed by atoms with E-state index in [9.17, 15) is 0 Å². The minimum Gasteiger partial charge on any atom is -0.352 e. The molecule has 0 unspecified atom stereocenters. The molecule has 0 aliphatic carbocycles. The molecule has 0 aliphatic heterocycles. The predicted octanol–water partition coefficient (Wildman–Crippen LogP) is 7.28. The van der Waals surface area contributed by atoms with Gasteiger partial charge in [-0.05, 0) is 20.3 Å². The highest BCUT2D eigenvalue weighted by Gasteiger charge is 2.04. The van der Waals surface area contributed by atoms with Crippen LogP contribution >= 0.6 is 28.7 Å². The largest absolute Gasteiger partial charge is 0.352 e. The first-order valence-corrected chi connectivity index (χ1v) is 10.7. The highest BCUT2D eigenvalue weighted by Crippen LogP contribution is 2.14. The van der Waals surface area contributed by atoms with Gasteiger partial charge in [0.15, 0.2) is 5.17 Å². The van der Waals surface area contributed by atoms with Crippen molar-refractivity contribution in [2.75, 3.05) is 18.8 Å². The molecule has 2 nitrogen and oxygen atoms in total. The lowest BCUT2D eigenvalue weighted by Gasteiger charge is -2.20. The molecule has 0 bridgehead atoms. The van der Waals surface area contributed by atoms with Crippen molar-refractivity contribution in [3.8, 4) is 0 Å². The molecular formula is C19H41BrN2S. The van der Waals surface area contributed by atoms with Crippen LogP contribution in [-0.2, 0) is 0 Å². The van der Waals surface area contributed by atoms with Crippen molar-refractivity contribution in [1.29, 1.82) is 5.41 Å². The number of amidine groups is 1. The Kier molecular flexibility index (Phi) is 22.6. The minimum atomic E-state index is 0. The van der Waals surface area contributed by atoms with Crippen LogP contribution in [0.1, 0.15) is 97.8 Å². The molecular weight excluding hydrogens is 368 g/mol. The Hall–Kier alpha value is 0.300. The van der Waals surface area contributed by atoms with Crippen molar-refractivity contribution in [2.24, 2.45) is 0 Å². The van der Waals surface area contributed by atoms with Crippen LogP contribution in [0.15, 0.2) is 0 Å². The van der Waals surface area contributed by atoms with Crippen molar-refractivity contribution in [2.45, 2.75) is 97.8 Å². The van der Waals surface area contributed by atoms with Crippen LogP contribution < -0.4 is 0 Å². The average Bonchev–Trinajstić information content (AvgIpc) is 2.53. The van der Waals surface area contributed by atoms with Crippen LogP contribution in [0.4, 0.5) is 0 Å². The van der Waals surface area contributed by atoms with Gasteiger partial charge >= 0.3 is 0 Å². The van der Waals surface area contributed by atoms with Gasteiger partial charge in [0.1, 0.15) is 0 Å². The average molecular weight is 410 g/mol. The predicted molar refractivity (Wildman–Crippen MR) is 115 cm³/mol. The highest BCUT2D eigenvalue weighted by atomic mass is 79.9. The monoisotopic (exact) mass is 408 g/mol. The Morgan fingerprint density at radius 3 is 1.48 bits per heavy atom. The van der Waals surface area contributed by atoms with Crippen molar-refractivity contribution in [3.05, 3.63) is 0 Å². The van der Waals surface area contributed by atoms with E-state index in [1.165, 1.54) is 77.0 Å². The van der Waals surface area contributed by atoms with Crippen molar-refractivity contribution < 1.29 is 0 Å². The van der Waals surface area contributed by atoms with Gasteiger partial charge < -0.3 is 4.90 Å². The normalized spacial score (nSPS) is 10.4. The lowest BCUT2D eigenvalue weighted by Crippen LogP contribution is -2.27. The summed E-state index contributed by atoms with van der Waals surface area (Å²) in [5, 5.41) is 8.75. The topological polar surface area (TPSA) is 27.1 Å². The summed E-state index contributed by atoms with van der Waals surface area (Å²) in [6, 6.07) is 0. The van der Waals surface area contributed by atoms with Gasteiger partial charge in [0, 0.05) is 18.8 Å². The molecule has 140 valence electrons. The standard InChI is InChI=1S/C19H40N2S.BrH/c1-4-7-8-9-10-11-12-13-14-15-16-17-18-22-19(20)21(5-2)6-3;/h20H,4-18H2,1-3H3;1H. The van der Waals surface area contributed by atoms with Gasteiger partial charge in [0.05, 0.1) is 0 Å². The van der Waals surface area contributed by atoms with E-state index in [1.807, 2.05) is 0 Å². The van der Waals surface area contributed by atoms with Crippen molar-refractivity contribution >= 4 is 33.9 Å². The van der Waals surface area contributed by atoms with Gasteiger partial charge in [-0.1, -0.05) is 89.3 Å². The third-order valence-corrected chi connectivity index (χ3v) is 5.31. The van der Waals surface area contributed by atoms with Crippen LogP contribution in [-0.4, -0.2) is 28.9 Å². The summed E-state index contributed by atoms with van der Waals surface area (Å²) in [5.74, 6) is 1.12. The molecule has 0 aromatic rings. The molecule has 0 aliphatic rings.